The Kier molecular flexibility index (Phi) is 3.39. The number of aromatic nitrogens is 1. The molecule has 16 heavy (non-hydrogen) atoms. The van der Waals surface area contributed by atoms with E-state index in [-0.39, 0.29) is 5.91 Å². The smallest absolute Gasteiger partial charge is 0.257 e. The van der Waals surface area contributed by atoms with Gasteiger partial charge in [0.25, 0.3) is 5.91 Å². The molecule has 1 saturated carbocycles. The third-order valence-electron chi connectivity index (χ3n) is 2.56. The van der Waals surface area contributed by atoms with E-state index >= 15 is 0 Å². The van der Waals surface area contributed by atoms with E-state index in [4.69, 9.17) is 0 Å². The van der Waals surface area contributed by atoms with Crippen LogP contribution in [0, 0.1) is 0 Å². The summed E-state index contributed by atoms with van der Waals surface area (Å²) >= 11 is 3.30. The number of rotatable bonds is 4. The number of halogens is 1. The van der Waals surface area contributed by atoms with Crippen LogP contribution in [0.2, 0.25) is 0 Å². The minimum Gasteiger partial charge on any atom is -0.332 e. The van der Waals surface area contributed by atoms with Crippen LogP contribution in [0.25, 0.3) is 0 Å². The molecule has 3 nitrogen and oxygen atoms in total. The molecular formula is C12H13BrN2O. The van der Waals surface area contributed by atoms with Crippen molar-refractivity contribution in [3.8, 4) is 0 Å². The highest BCUT2D eigenvalue weighted by Crippen LogP contribution is 2.29. The van der Waals surface area contributed by atoms with Crippen LogP contribution in [-0.2, 0) is 0 Å². The average molecular weight is 281 g/mol. The maximum Gasteiger partial charge on any atom is 0.257 e. The highest BCUT2D eigenvalue weighted by atomic mass is 79.9. The van der Waals surface area contributed by atoms with Crippen molar-refractivity contribution in [2.45, 2.75) is 18.9 Å². The lowest BCUT2D eigenvalue weighted by molar-refractivity contribution is 0.0761. The summed E-state index contributed by atoms with van der Waals surface area (Å²) in [5.74, 6) is 0.0300. The molecule has 0 unspecified atom stereocenters. The second kappa shape index (κ2) is 4.78. The summed E-state index contributed by atoms with van der Waals surface area (Å²) in [7, 11) is 0. The monoisotopic (exact) mass is 280 g/mol. The van der Waals surface area contributed by atoms with E-state index in [1.54, 1.807) is 24.4 Å². The predicted octanol–water partition coefficient (Wildman–Crippen LogP) is 2.63. The van der Waals surface area contributed by atoms with E-state index in [0.717, 1.165) is 12.8 Å². The van der Waals surface area contributed by atoms with Gasteiger partial charge in [-0.3, -0.25) is 4.79 Å². The van der Waals surface area contributed by atoms with Gasteiger partial charge < -0.3 is 4.90 Å². The largest absolute Gasteiger partial charge is 0.332 e. The van der Waals surface area contributed by atoms with Gasteiger partial charge in [0.15, 0.2) is 0 Å². The molecule has 4 heteroatoms. The van der Waals surface area contributed by atoms with Crippen LogP contribution in [0.3, 0.4) is 0 Å². The molecule has 0 aliphatic heterocycles. The van der Waals surface area contributed by atoms with E-state index in [2.05, 4.69) is 27.5 Å². The van der Waals surface area contributed by atoms with Gasteiger partial charge >= 0.3 is 0 Å². The average Bonchev–Trinajstić information content (AvgIpc) is 3.09. The fraction of sp³-hybridized carbons (Fsp3) is 0.333. The van der Waals surface area contributed by atoms with E-state index in [0.29, 0.717) is 22.8 Å². The minimum atomic E-state index is 0.0300. The SMILES string of the molecule is C=CCN(C(=O)c1cccnc1Br)C1CC1. The van der Waals surface area contributed by atoms with Crippen molar-refractivity contribution in [3.63, 3.8) is 0 Å². The van der Waals surface area contributed by atoms with E-state index in [1.165, 1.54) is 0 Å². The number of carbonyl (C=O) groups is 1. The first-order chi connectivity index (χ1) is 7.74. The van der Waals surface area contributed by atoms with Crippen molar-refractivity contribution in [2.24, 2.45) is 0 Å². The second-order valence-electron chi connectivity index (χ2n) is 3.82. The van der Waals surface area contributed by atoms with Gasteiger partial charge in [-0.05, 0) is 40.9 Å². The molecule has 1 fully saturated rings. The van der Waals surface area contributed by atoms with E-state index < -0.39 is 0 Å². The summed E-state index contributed by atoms with van der Waals surface area (Å²) in [6.45, 7) is 4.29. The molecule has 2 rings (SSSR count). The predicted molar refractivity (Wildman–Crippen MR) is 66.2 cm³/mol. The van der Waals surface area contributed by atoms with Crippen molar-refractivity contribution >= 4 is 21.8 Å². The first-order valence-corrected chi connectivity index (χ1v) is 6.05. The van der Waals surface area contributed by atoms with Gasteiger partial charge in [-0.1, -0.05) is 6.08 Å². The number of amides is 1. The lowest BCUT2D eigenvalue weighted by Crippen LogP contribution is -2.33. The Labute approximate surface area is 103 Å². The molecule has 1 amide bonds. The number of hydrogen-bond acceptors (Lipinski definition) is 2. The summed E-state index contributed by atoms with van der Waals surface area (Å²) in [5.41, 5.74) is 0.622. The highest BCUT2D eigenvalue weighted by molar-refractivity contribution is 9.10. The van der Waals surface area contributed by atoms with Crippen LogP contribution in [-0.4, -0.2) is 28.4 Å². The van der Waals surface area contributed by atoms with Crippen LogP contribution in [0.15, 0.2) is 35.6 Å². The molecule has 0 spiro atoms. The molecule has 1 aromatic rings. The van der Waals surface area contributed by atoms with Crippen LogP contribution < -0.4 is 0 Å². The Bertz CT molecular complexity index is 415. The zero-order chi connectivity index (χ0) is 11.5. The Morgan fingerprint density at radius 3 is 3.00 bits per heavy atom. The number of carbonyl (C=O) groups excluding carboxylic acids is 1. The second-order valence-corrected chi connectivity index (χ2v) is 4.57. The molecule has 0 aromatic carbocycles. The summed E-state index contributed by atoms with van der Waals surface area (Å²) in [4.78, 5) is 18.2. The third kappa shape index (κ3) is 2.32. The molecule has 1 aromatic heterocycles. The van der Waals surface area contributed by atoms with Crippen molar-refractivity contribution < 1.29 is 4.79 Å². The number of nitrogens with zero attached hydrogens (tertiary/aromatic N) is 2. The fourth-order valence-corrected chi connectivity index (χ4v) is 2.04. The lowest BCUT2D eigenvalue weighted by atomic mass is 10.2. The number of pyridine rings is 1. The zero-order valence-corrected chi connectivity index (χ0v) is 10.5. The van der Waals surface area contributed by atoms with Crippen LogP contribution in [0.1, 0.15) is 23.2 Å². The van der Waals surface area contributed by atoms with Gasteiger partial charge in [-0.2, -0.15) is 0 Å². The normalized spacial score (nSPS) is 14.6. The van der Waals surface area contributed by atoms with Gasteiger partial charge in [0, 0.05) is 18.8 Å². The van der Waals surface area contributed by atoms with Gasteiger partial charge in [0.05, 0.1) is 5.56 Å². The maximum absolute atomic E-state index is 12.2. The van der Waals surface area contributed by atoms with E-state index in [9.17, 15) is 4.79 Å². The van der Waals surface area contributed by atoms with Crippen molar-refractivity contribution in [3.05, 3.63) is 41.2 Å². The Morgan fingerprint density at radius 2 is 2.44 bits per heavy atom. The first kappa shape index (κ1) is 11.3. The van der Waals surface area contributed by atoms with E-state index in [1.807, 2.05) is 4.90 Å². The summed E-state index contributed by atoms with van der Waals surface area (Å²) in [6, 6.07) is 3.95. The standard InChI is InChI=1S/C12H13BrN2O/c1-2-8-15(9-5-6-9)12(16)10-4-3-7-14-11(10)13/h2-4,7,9H,1,5-6,8H2. The highest BCUT2D eigenvalue weighted by Gasteiger charge is 2.32. The van der Waals surface area contributed by atoms with Gasteiger partial charge in [-0.15, -0.1) is 6.58 Å². The number of hydrogen-bond donors (Lipinski definition) is 0. The molecule has 1 aliphatic carbocycles. The Morgan fingerprint density at radius 1 is 1.69 bits per heavy atom. The van der Waals surface area contributed by atoms with Gasteiger partial charge in [0.2, 0.25) is 0 Å². The molecule has 0 atom stereocenters. The summed E-state index contributed by atoms with van der Waals surface area (Å²) in [6.07, 6.45) is 5.62. The van der Waals surface area contributed by atoms with Crippen molar-refractivity contribution in [1.29, 1.82) is 0 Å². The summed E-state index contributed by atoms with van der Waals surface area (Å²) < 4.78 is 0.606. The summed E-state index contributed by atoms with van der Waals surface area (Å²) in [5, 5.41) is 0. The zero-order valence-electron chi connectivity index (χ0n) is 8.90. The van der Waals surface area contributed by atoms with Gasteiger partial charge in [0.1, 0.15) is 4.60 Å². The fourth-order valence-electron chi connectivity index (χ4n) is 1.62. The third-order valence-corrected chi connectivity index (χ3v) is 3.20. The molecule has 1 heterocycles. The molecule has 1 aliphatic rings. The van der Waals surface area contributed by atoms with Crippen molar-refractivity contribution in [1.82, 2.24) is 9.88 Å². The van der Waals surface area contributed by atoms with Crippen LogP contribution >= 0.6 is 15.9 Å². The Balaban J connectivity index is 2.22. The van der Waals surface area contributed by atoms with Crippen LogP contribution in [0.5, 0.6) is 0 Å². The molecule has 84 valence electrons. The molecule has 0 saturated heterocycles. The van der Waals surface area contributed by atoms with Gasteiger partial charge in [-0.25, -0.2) is 4.98 Å². The quantitative estimate of drug-likeness (QED) is 0.628. The maximum atomic E-state index is 12.2. The molecule has 0 bridgehead atoms. The lowest BCUT2D eigenvalue weighted by Gasteiger charge is -2.20. The topological polar surface area (TPSA) is 33.2 Å². The Hall–Kier alpha value is -1.16. The van der Waals surface area contributed by atoms with Crippen molar-refractivity contribution in [2.75, 3.05) is 6.54 Å². The molecule has 0 radical (unpaired) electrons. The van der Waals surface area contributed by atoms with Crippen LogP contribution in [0.4, 0.5) is 0 Å². The molecular weight excluding hydrogens is 268 g/mol. The molecule has 0 N–H and O–H groups in total. The minimum absolute atomic E-state index is 0.0300. The first-order valence-electron chi connectivity index (χ1n) is 5.26.